The largest absolute Gasteiger partial charge is 0.491 e. The number of anilines is 1. The molecule has 0 bridgehead atoms. The molecule has 2 saturated heterocycles. The summed E-state index contributed by atoms with van der Waals surface area (Å²) in [5.41, 5.74) is 0.387. The SMILES string of the molecule is CC(C)Oc1ccc(NS(=O)(=O)CC(=O)NCC(C2CCOC2)N2CCOCC2)cc1. The van der Waals surface area contributed by atoms with Crippen molar-refractivity contribution in [1.82, 2.24) is 10.2 Å². The van der Waals surface area contributed by atoms with Gasteiger partial charge in [-0.2, -0.15) is 0 Å². The Bertz CT molecular complexity index is 803. The molecule has 9 nitrogen and oxygen atoms in total. The van der Waals surface area contributed by atoms with Crippen molar-refractivity contribution in [2.75, 3.05) is 56.5 Å². The predicted octanol–water partition coefficient (Wildman–Crippen LogP) is 1.07. The minimum absolute atomic E-state index is 0.0309. The first-order valence-electron chi connectivity index (χ1n) is 10.8. The quantitative estimate of drug-likeness (QED) is 0.544. The highest BCUT2D eigenvalue weighted by molar-refractivity contribution is 7.93. The number of nitrogens with zero attached hydrogens (tertiary/aromatic N) is 1. The average Bonchev–Trinajstić information content (AvgIpc) is 3.24. The van der Waals surface area contributed by atoms with Crippen LogP contribution in [-0.2, 0) is 24.3 Å². The van der Waals surface area contributed by atoms with Crippen molar-refractivity contribution < 1.29 is 27.4 Å². The average molecular weight is 456 g/mol. The minimum atomic E-state index is -3.82. The molecular formula is C21H33N3O6S. The van der Waals surface area contributed by atoms with E-state index in [1.807, 2.05) is 13.8 Å². The van der Waals surface area contributed by atoms with E-state index < -0.39 is 21.7 Å². The summed E-state index contributed by atoms with van der Waals surface area (Å²) in [7, 11) is -3.82. The van der Waals surface area contributed by atoms with Crippen molar-refractivity contribution in [2.45, 2.75) is 32.4 Å². The molecule has 1 aromatic carbocycles. The van der Waals surface area contributed by atoms with E-state index >= 15 is 0 Å². The first kappa shape index (κ1) is 23.8. The molecule has 2 heterocycles. The van der Waals surface area contributed by atoms with Crippen LogP contribution in [0.25, 0.3) is 0 Å². The lowest BCUT2D eigenvalue weighted by molar-refractivity contribution is -0.119. The second-order valence-electron chi connectivity index (χ2n) is 8.20. The first-order chi connectivity index (χ1) is 14.8. The smallest absolute Gasteiger partial charge is 0.241 e. The Morgan fingerprint density at radius 3 is 2.48 bits per heavy atom. The lowest BCUT2D eigenvalue weighted by Gasteiger charge is -2.37. The van der Waals surface area contributed by atoms with Crippen LogP contribution >= 0.6 is 0 Å². The van der Waals surface area contributed by atoms with Crippen LogP contribution in [0.5, 0.6) is 5.75 Å². The summed E-state index contributed by atoms with van der Waals surface area (Å²) in [4.78, 5) is 14.7. The first-order valence-corrected chi connectivity index (χ1v) is 12.4. The maximum absolute atomic E-state index is 12.4. The molecule has 0 aliphatic carbocycles. The van der Waals surface area contributed by atoms with Crippen LogP contribution in [-0.4, -0.2) is 83.2 Å². The van der Waals surface area contributed by atoms with Crippen LogP contribution in [0.15, 0.2) is 24.3 Å². The molecule has 2 unspecified atom stereocenters. The fourth-order valence-electron chi connectivity index (χ4n) is 3.89. The second-order valence-corrected chi connectivity index (χ2v) is 9.92. The van der Waals surface area contributed by atoms with Gasteiger partial charge in [-0.05, 0) is 44.5 Å². The second kappa shape index (κ2) is 11.1. The number of benzene rings is 1. The van der Waals surface area contributed by atoms with Gasteiger partial charge in [0.05, 0.1) is 25.9 Å². The van der Waals surface area contributed by atoms with Crippen LogP contribution in [0.4, 0.5) is 5.69 Å². The van der Waals surface area contributed by atoms with E-state index in [0.717, 1.165) is 26.1 Å². The zero-order valence-corrected chi connectivity index (χ0v) is 19.0. The van der Waals surface area contributed by atoms with E-state index in [-0.39, 0.29) is 12.1 Å². The molecule has 0 spiro atoms. The maximum atomic E-state index is 12.4. The van der Waals surface area contributed by atoms with Gasteiger partial charge in [0.1, 0.15) is 11.5 Å². The number of morpholine rings is 1. The van der Waals surface area contributed by atoms with Gasteiger partial charge in [0, 0.05) is 43.9 Å². The van der Waals surface area contributed by atoms with Crippen LogP contribution < -0.4 is 14.8 Å². The van der Waals surface area contributed by atoms with Gasteiger partial charge < -0.3 is 19.5 Å². The summed E-state index contributed by atoms with van der Waals surface area (Å²) in [5, 5.41) is 2.81. The number of ether oxygens (including phenoxy) is 3. The molecule has 2 atom stereocenters. The number of nitrogens with one attached hydrogen (secondary N) is 2. The molecule has 31 heavy (non-hydrogen) atoms. The van der Waals surface area contributed by atoms with Crippen LogP contribution in [0, 0.1) is 5.92 Å². The monoisotopic (exact) mass is 455 g/mol. The Morgan fingerprint density at radius 2 is 1.87 bits per heavy atom. The molecule has 1 amide bonds. The van der Waals surface area contributed by atoms with Crippen molar-refractivity contribution in [1.29, 1.82) is 0 Å². The molecule has 10 heteroatoms. The lowest BCUT2D eigenvalue weighted by atomic mass is 9.97. The van der Waals surface area contributed by atoms with Crippen molar-refractivity contribution in [3.8, 4) is 5.75 Å². The van der Waals surface area contributed by atoms with E-state index in [9.17, 15) is 13.2 Å². The zero-order valence-electron chi connectivity index (χ0n) is 18.2. The summed E-state index contributed by atoms with van der Waals surface area (Å²) in [6.07, 6.45) is 0.970. The Hall–Kier alpha value is -1.88. The third-order valence-corrected chi connectivity index (χ3v) is 6.54. The summed E-state index contributed by atoms with van der Waals surface area (Å²) < 4.78 is 43.8. The van der Waals surface area contributed by atoms with E-state index in [1.54, 1.807) is 24.3 Å². The number of carbonyl (C=O) groups is 1. The van der Waals surface area contributed by atoms with Crippen LogP contribution in [0.2, 0.25) is 0 Å². The summed E-state index contributed by atoms with van der Waals surface area (Å²) >= 11 is 0. The number of carbonyl (C=O) groups excluding carboxylic acids is 1. The van der Waals surface area contributed by atoms with Gasteiger partial charge in [0.25, 0.3) is 0 Å². The molecule has 0 aromatic heterocycles. The zero-order chi connectivity index (χ0) is 22.3. The predicted molar refractivity (Wildman–Crippen MR) is 118 cm³/mol. The van der Waals surface area contributed by atoms with E-state index in [4.69, 9.17) is 14.2 Å². The molecule has 1 aromatic rings. The Morgan fingerprint density at radius 1 is 1.16 bits per heavy atom. The highest BCUT2D eigenvalue weighted by atomic mass is 32.2. The van der Waals surface area contributed by atoms with Gasteiger partial charge in [-0.15, -0.1) is 0 Å². The fourth-order valence-corrected chi connectivity index (χ4v) is 4.91. The van der Waals surface area contributed by atoms with E-state index in [1.165, 1.54) is 0 Å². The van der Waals surface area contributed by atoms with Gasteiger partial charge in [-0.1, -0.05) is 0 Å². The van der Waals surface area contributed by atoms with Gasteiger partial charge in [-0.3, -0.25) is 14.4 Å². The van der Waals surface area contributed by atoms with Crippen molar-refractivity contribution in [2.24, 2.45) is 5.92 Å². The number of amides is 1. The Kier molecular flexibility index (Phi) is 8.53. The van der Waals surface area contributed by atoms with Crippen LogP contribution in [0.3, 0.4) is 0 Å². The third kappa shape index (κ3) is 7.64. The molecule has 0 saturated carbocycles. The molecule has 174 valence electrons. The summed E-state index contributed by atoms with van der Waals surface area (Å²) in [6.45, 7) is 8.53. The molecule has 2 N–H and O–H groups in total. The highest BCUT2D eigenvalue weighted by Gasteiger charge is 2.32. The number of hydrogen-bond donors (Lipinski definition) is 2. The maximum Gasteiger partial charge on any atom is 0.241 e. The van der Waals surface area contributed by atoms with Gasteiger partial charge in [0.15, 0.2) is 0 Å². The standard InChI is InChI=1S/C21H33N3O6S/c1-16(2)30-19-5-3-18(4-6-19)23-31(26,27)15-21(25)22-13-20(17-7-10-29-14-17)24-8-11-28-12-9-24/h3-6,16-17,20,23H,7-15H2,1-2H3,(H,22,25). The van der Waals surface area contributed by atoms with Gasteiger partial charge in [0.2, 0.25) is 15.9 Å². The van der Waals surface area contributed by atoms with E-state index in [2.05, 4.69) is 14.9 Å². The van der Waals surface area contributed by atoms with Crippen molar-refractivity contribution in [3.63, 3.8) is 0 Å². The molecule has 0 radical (unpaired) electrons. The topological polar surface area (TPSA) is 106 Å². The van der Waals surface area contributed by atoms with Crippen LogP contribution in [0.1, 0.15) is 20.3 Å². The lowest BCUT2D eigenvalue weighted by Crippen LogP contribution is -2.52. The van der Waals surface area contributed by atoms with Gasteiger partial charge >= 0.3 is 0 Å². The number of hydrogen-bond acceptors (Lipinski definition) is 7. The molecule has 3 rings (SSSR count). The highest BCUT2D eigenvalue weighted by Crippen LogP contribution is 2.22. The van der Waals surface area contributed by atoms with Gasteiger partial charge in [-0.25, -0.2) is 8.42 Å². The number of sulfonamides is 1. The summed E-state index contributed by atoms with van der Waals surface area (Å²) in [5.74, 6) is -0.182. The Labute approximate surface area is 184 Å². The van der Waals surface area contributed by atoms with Crippen molar-refractivity contribution in [3.05, 3.63) is 24.3 Å². The molecule has 2 fully saturated rings. The molecule has 2 aliphatic rings. The Balaban J connectivity index is 1.51. The fraction of sp³-hybridized carbons (Fsp3) is 0.667. The third-order valence-electron chi connectivity index (χ3n) is 5.35. The molecule has 2 aliphatic heterocycles. The minimum Gasteiger partial charge on any atom is -0.491 e. The number of rotatable bonds is 10. The summed E-state index contributed by atoms with van der Waals surface area (Å²) in [6, 6.07) is 6.71. The normalized spacial score (nSPS) is 21.1. The van der Waals surface area contributed by atoms with Crippen molar-refractivity contribution >= 4 is 21.6 Å². The molecular weight excluding hydrogens is 422 g/mol. The van der Waals surface area contributed by atoms with E-state index in [0.29, 0.717) is 43.7 Å².